The average molecular weight is 238 g/mol. The van der Waals surface area contributed by atoms with E-state index in [0.717, 1.165) is 27.9 Å². The summed E-state index contributed by atoms with van der Waals surface area (Å²) >= 11 is 0. The van der Waals surface area contributed by atoms with Gasteiger partial charge in [-0.05, 0) is 25.1 Å². The van der Waals surface area contributed by atoms with Crippen LogP contribution in [0.5, 0.6) is 0 Å². The molecule has 0 amide bonds. The normalized spacial score (nSPS) is 11.0. The third kappa shape index (κ3) is 1.62. The summed E-state index contributed by atoms with van der Waals surface area (Å²) in [6.07, 6.45) is 1.72. The van der Waals surface area contributed by atoms with Crippen LogP contribution in [0.15, 0.2) is 36.7 Å². The van der Waals surface area contributed by atoms with Gasteiger partial charge >= 0.3 is 0 Å². The second-order valence-corrected chi connectivity index (χ2v) is 4.45. The molecule has 0 saturated heterocycles. The first-order valence-electron chi connectivity index (χ1n) is 5.80. The largest absolute Gasteiger partial charge is 0.383 e. The van der Waals surface area contributed by atoms with Gasteiger partial charge in [0.05, 0.1) is 11.8 Å². The topological polar surface area (TPSA) is 56.7 Å². The van der Waals surface area contributed by atoms with Crippen LogP contribution in [0.25, 0.3) is 22.2 Å². The van der Waals surface area contributed by atoms with Crippen LogP contribution in [0.2, 0.25) is 0 Å². The molecule has 0 unspecified atom stereocenters. The Labute approximate surface area is 105 Å². The monoisotopic (exact) mass is 238 g/mol. The van der Waals surface area contributed by atoms with E-state index >= 15 is 0 Å². The number of imidazole rings is 1. The molecule has 4 heteroatoms. The van der Waals surface area contributed by atoms with E-state index in [1.807, 2.05) is 36.7 Å². The van der Waals surface area contributed by atoms with E-state index in [-0.39, 0.29) is 0 Å². The summed E-state index contributed by atoms with van der Waals surface area (Å²) in [6.45, 7) is 1.99. The van der Waals surface area contributed by atoms with Crippen molar-refractivity contribution in [2.24, 2.45) is 7.05 Å². The molecule has 0 aliphatic heterocycles. The van der Waals surface area contributed by atoms with Crippen LogP contribution >= 0.6 is 0 Å². The van der Waals surface area contributed by atoms with Gasteiger partial charge in [-0.3, -0.25) is 4.98 Å². The molecule has 2 N–H and O–H groups in total. The van der Waals surface area contributed by atoms with Gasteiger partial charge in [-0.1, -0.05) is 12.1 Å². The molecule has 90 valence electrons. The number of nitrogen functional groups attached to an aromatic ring is 1. The predicted molar refractivity (Wildman–Crippen MR) is 73.1 cm³/mol. The highest BCUT2D eigenvalue weighted by Crippen LogP contribution is 2.26. The fraction of sp³-hybridized carbons (Fsp3) is 0.143. The van der Waals surface area contributed by atoms with Crippen molar-refractivity contribution in [1.29, 1.82) is 0 Å². The molecule has 0 fully saturated rings. The van der Waals surface area contributed by atoms with E-state index in [2.05, 4.69) is 22.1 Å². The van der Waals surface area contributed by atoms with E-state index in [1.165, 1.54) is 0 Å². The van der Waals surface area contributed by atoms with Crippen LogP contribution in [0, 0.1) is 6.92 Å². The van der Waals surface area contributed by atoms with Crippen molar-refractivity contribution in [1.82, 2.24) is 14.5 Å². The lowest BCUT2D eigenvalue weighted by molar-refractivity contribution is 0.925. The van der Waals surface area contributed by atoms with Crippen molar-refractivity contribution in [3.05, 3.63) is 42.4 Å². The molecule has 0 radical (unpaired) electrons. The second-order valence-electron chi connectivity index (χ2n) is 4.45. The third-order valence-electron chi connectivity index (χ3n) is 3.08. The summed E-state index contributed by atoms with van der Waals surface area (Å²) in [5.74, 6) is 0.675. The SMILES string of the molecule is Cc1ccc2cc(-c3ncn(C)c3N)ccc2n1. The maximum Gasteiger partial charge on any atom is 0.131 e. The first kappa shape index (κ1) is 10.8. The zero-order valence-corrected chi connectivity index (χ0v) is 10.4. The molecule has 0 saturated carbocycles. The minimum absolute atomic E-state index is 0.675. The summed E-state index contributed by atoms with van der Waals surface area (Å²) in [5.41, 5.74) is 9.84. The van der Waals surface area contributed by atoms with Gasteiger partial charge in [0.25, 0.3) is 0 Å². The van der Waals surface area contributed by atoms with Crippen LogP contribution in [0.1, 0.15) is 5.69 Å². The fourth-order valence-corrected chi connectivity index (χ4v) is 2.04. The molecule has 0 spiro atoms. The molecule has 18 heavy (non-hydrogen) atoms. The summed E-state index contributed by atoms with van der Waals surface area (Å²) < 4.78 is 1.81. The number of pyridine rings is 1. The molecule has 4 nitrogen and oxygen atoms in total. The molecule has 0 aliphatic rings. The number of nitrogens with zero attached hydrogens (tertiary/aromatic N) is 3. The van der Waals surface area contributed by atoms with Gasteiger partial charge in [0.1, 0.15) is 11.5 Å². The number of hydrogen-bond donors (Lipinski definition) is 1. The lowest BCUT2D eigenvalue weighted by Gasteiger charge is -2.03. The van der Waals surface area contributed by atoms with Crippen molar-refractivity contribution in [2.75, 3.05) is 5.73 Å². The Kier molecular flexibility index (Phi) is 2.30. The molecule has 2 heterocycles. The standard InChI is InChI=1S/C14H14N4/c1-9-3-4-10-7-11(5-6-12(10)17-9)13-14(15)18(2)8-16-13/h3-8H,15H2,1-2H3. The maximum absolute atomic E-state index is 5.99. The molecule has 3 rings (SSSR count). The van der Waals surface area contributed by atoms with Gasteiger partial charge in [0.2, 0.25) is 0 Å². The third-order valence-corrected chi connectivity index (χ3v) is 3.08. The van der Waals surface area contributed by atoms with Crippen molar-refractivity contribution >= 4 is 16.7 Å². The molecule has 1 aromatic carbocycles. The molecule has 3 aromatic rings. The Morgan fingerprint density at radius 2 is 2.00 bits per heavy atom. The highest BCUT2D eigenvalue weighted by molar-refractivity contribution is 5.85. The zero-order chi connectivity index (χ0) is 12.7. The summed E-state index contributed by atoms with van der Waals surface area (Å²) in [6, 6.07) is 10.2. The quantitative estimate of drug-likeness (QED) is 0.708. The summed E-state index contributed by atoms with van der Waals surface area (Å²) in [5, 5.41) is 1.10. The van der Waals surface area contributed by atoms with Crippen LogP contribution < -0.4 is 5.73 Å². The maximum atomic E-state index is 5.99. The van der Waals surface area contributed by atoms with Crippen LogP contribution in [-0.2, 0) is 7.05 Å². The van der Waals surface area contributed by atoms with Crippen LogP contribution in [0.3, 0.4) is 0 Å². The van der Waals surface area contributed by atoms with Crippen molar-refractivity contribution < 1.29 is 0 Å². The molecular weight excluding hydrogens is 224 g/mol. The molecule has 0 atom stereocenters. The number of hydrogen-bond acceptors (Lipinski definition) is 3. The van der Waals surface area contributed by atoms with E-state index in [9.17, 15) is 0 Å². The number of anilines is 1. The van der Waals surface area contributed by atoms with Gasteiger partial charge in [-0.15, -0.1) is 0 Å². The Hall–Kier alpha value is -2.36. The number of nitrogens with two attached hydrogens (primary N) is 1. The minimum Gasteiger partial charge on any atom is -0.383 e. The molecule has 2 aromatic heterocycles. The fourth-order valence-electron chi connectivity index (χ4n) is 2.04. The van der Waals surface area contributed by atoms with Crippen molar-refractivity contribution in [2.45, 2.75) is 6.92 Å². The van der Waals surface area contributed by atoms with Crippen molar-refractivity contribution in [3.63, 3.8) is 0 Å². The number of rotatable bonds is 1. The number of fused-ring (bicyclic) bond motifs is 1. The van der Waals surface area contributed by atoms with Crippen LogP contribution in [0.4, 0.5) is 5.82 Å². The van der Waals surface area contributed by atoms with Gasteiger partial charge < -0.3 is 10.3 Å². The van der Waals surface area contributed by atoms with Gasteiger partial charge in [0, 0.05) is 23.7 Å². The highest BCUT2D eigenvalue weighted by Gasteiger charge is 2.08. The molecule has 0 bridgehead atoms. The van der Waals surface area contributed by atoms with Crippen LogP contribution in [-0.4, -0.2) is 14.5 Å². The zero-order valence-electron chi connectivity index (χ0n) is 10.4. The predicted octanol–water partition coefficient (Wildman–Crippen LogP) is 2.53. The van der Waals surface area contributed by atoms with E-state index in [4.69, 9.17) is 5.73 Å². The first-order chi connectivity index (χ1) is 8.65. The van der Waals surface area contributed by atoms with E-state index in [1.54, 1.807) is 6.33 Å². The Bertz CT molecular complexity index is 728. The lowest BCUT2D eigenvalue weighted by atomic mass is 10.1. The minimum atomic E-state index is 0.675. The number of aryl methyl sites for hydroxylation is 2. The average Bonchev–Trinajstić information content (AvgIpc) is 2.69. The van der Waals surface area contributed by atoms with Gasteiger partial charge in [-0.25, -0.2) is 4.98 Å². The number of benzene rings is 1. The smallest absolute Gasteiger partial charge is 0.131 e. The van der Waals surface area contributed by atoms with Crippen molar-refractivity contribution in [3.8, 4) is 11.3 Å². The van der Waals surface area contributed by atoms with Gasteiger partial charge in [0.15, 0.2) is 0 Å². The van der Waals surface area contributed by atoms with E-state index < -0.39 is 0 Å². The molecular formula is C14H14N4. The highest BCUT2D eigenvalue weighted by atomic mass is 15.1. The Morgan fingerprint density at radius 1 is 1.17 bits per heavy atom. The Balaban J connectivity index is 2.19. The second kappa shape index (κ2) is 3.84. The number of aromatic nitrogens is 3. The Morgan fingerprint density at radius 3 is 2.72 bits per heavy atom. The summed E-state index contributed by atoms with van der Waals surface area (Å²) in [7, 11) is 1.89. The lowest BCUT2D eigenvalue weighted by Crippen LogP contribution is -1.95. The van der Waals surface area contributed by atoms with E-state index in [0.29, 0.717) is 5.82 Å². The summed E-state index contributed by atoms with van der Waals surface area (Å²) in [4.78, 5) is 8.81. The first-order valence-corrected chi connectivity index (χ1v) is 5.80. The van der Waals surface area contributed by atoms with Gasteiger partial charge in [-0.2, -0.15) is 0 Å². The molecule has 0 aliphatic carbocycles.